The molecule has 0 radical (unpaired) electrons. The number of fused-ring (bicyclic) bond motifs is 1. The predicted octanol–water partition coefficient (Wildman–Crippen LogP) is 9.77. The fraction of sp³-hybridized carbons (Fsp3) is 0.405. The van der Waals surface area contributed by atoms with Crippen LogP contribution in [0.2, 0.25) is 0 Å². The summed E-state index contributed by atoms with van der Waals surface area (Å²) in [5.41, 5.74) is 2.90. The van der Waals surface area contributed by atoms with Gasteiger partial charge in [-0.15, -0.1) is 0 Å². The van der Waals surface area contributed by atoms with E-state index in [-0.39, 0.29) is 12.1 Å². The Balaban J connectivity index is 0.00000139. The number of hydrogen-bond acceptors (Lipinski definition) is 7. The van der Waals surface area contributed by atoms with Crippen molar-refractivity contribution in [2.75, 3.05) is 13.1 Å². The lowest BCUT2D eigenvalue weighted by atomic mass is 10.0. The van der Waals surface area contributed by atoms with Gasteiger partial charge < -0.3 is 19.2 Å². The Labute approximate surface area is 273 Å². The fourth-order valence-corrected chi connectivity index (χ4v) is 4.91. The Bertz CT molecular complexity index is 1640. The second-order valence-corrected chi connectivity index (χ2v) is 11.6. The summed E-state index contributed by atoms with van der Waals surface area (Å²) in [6.45, 7) is 18.3. The average Bonchev–Trinajstić information content (AvgIpc) is 3.43. The van der Waals surface area contributed by atoms with Gasteiger partial charge in [-0.2, -0.15) is 10.4 Å². The lowest BCUT2D eigenvalue weighted by molar-refractivity contribution is 0.0169. The van der Waals surface area contributed by atoms with Crippen molar-refractivity contribution >= 4 is 22.7 Å². The minimum absolute atomic E-state index is 0.0968. The monoisotopic (exact) mass is 625 g/mol. The summed E-state index contributed by atoms with van der Waals surface area (Å²) in [7, 11) is 0. The SMILES string of the molecule is CC.CC.CC(C)=NOc1cc2c(cc1C#N)c(-c1ccc(Oc3ccccc3)cc1)nn2C1CCCN(C(=O)OC(C)(C)C)C1. The molecule has 3 aromatic carbocycles. The van der Waals surface area contributed by atoms with Crippen LogP contribution < -0.4 is 9.57 Å². The number of para-hydroxylation sites is 1. The first kappa shape index (κ1) is 35.6. The maximum absolute atomic E-state index is 12.9. The number of nitriles is 1. The minimum Gasteiger partial charge on any atom is -0.457 e. The van der Waals surface area contributed by atoms with Gasteiger partial charge in [0.05, 0.1) is 22.8 Å². The third-order valence-electron chi connectivity index (χ3n) is 6.76. The van der Waals surface area contributed by atoms with Gasteiger partial charge in [-0.3, -0.25) is 4.68 Å². The highest BCUT2D eigenvalue weighted by Gasteiger charge is 2.30. The molecule has 1 atom stereocenters. The molecule has 1 saturated heterocycles. The van der Waals surface area contributed by atoms with Crippen molar-refractivity contribution in [3.63, 3.8) is 0 Å². The molecule has 5 rings (SSSR count). The molecule has 1 aliphatic heterocycles. The Morgan fingerprint density at radius 3 is 2.24 bits per heavy atom. The predicted molar refractivity (Wildman–Crippen MR) is 185 cm³/mol. The van der Waals surface area contributed by atoms with E-state index in [2.05, 4.69) is 11.2 Å². The number of carbonyl (C=O) groups excluding carboxylic acids is 1. The molecular weight excluding hydrogens is 578 g/mol. The second kappa shape index (κ2) is 16.5. The lowest BCUT2D eigenvalue weighted by Crippen LogP contribution is -2.43. The number of carbonyl (C=O) groups is 1. The number of hydrogen-bond donors (Lipinski definition) is 0. The van der Waals surface area contributed by atoms with E-state index in [9.17, 15) is 10.1 Å². The maximum Gasteiger partial charge on any atom is 0.410 e. The molecule has 0 N–H and O–H groups in total. The van der Waals surface area contributed by atoms with E-state index in [1.54, 1.807) is 11.0 Å². The molecule has 9 heteroatoms. The van der Waals surface area contributed by atoms with Crippen molar-refractivity contribution in [2.45, 2.75) is 86.8 Å². The quantitative estimate of drug-likeness (QED) is 0.156. The van der Waals surface area contributed by atoms with Gasteiger partial charge in [0.1, 0.15) is 28.9 Å². The minimum atomic E-state index is -0.580. The van der Waals surface area contributed by atoms with Crippen molar-refractivity contribution in [3.8, 4) is 34.6 Å². The molecule has 4 aromatic rings. The molecule has 2 heterocycles. The van der Waals surface area contributed by atoms with Crippen molar-refractivity contribution in [3.05, 3.63) is 72.3 Å². The van der Waals surface area contributed by atoms with Crippen molar-refractivity contribution < 1.29 is 19.1 Å². The van der Waals surface area contributed by atoms with Crippen molar-refractivity contribution in [1.29, 1.82) is 5.26 Å². The molecule has 0 saturated carbocycles. The van der Waals surface area contributed by atoms with Crippen LogP contribution in [0.3, 0.4) is 0 Å². The van der Waals surface area contributed by atoms with E-state index < -0.39 is 5.60 Å². The zero-order valence-corrected chi connectivity index (χ0v) is 28.6. The van der Waals surface area contributed by atoms with Gasteiger partial charge in [0.25, 0.3) is 0 Å². The molecule has 0 bridgehead atoms. The van der Waals surface area contributed by atoms with E-state index in [1.165, 1.54) is 0 Å². The Morgan fingerprint density at radius 2 is 1.63 bits per heavy atom. The number of amides is 1. The normalized spacial score (nSPS) is 14.1. The molecule has 244 valence electrons. The topological polar surface area (TPSA) is 102 Å². The Kier molecular flexibility index (Phi) is 12.8. The summed E-state index contributed by atoms with van der Waals surface area (Å²) in [5.74, 6) is 1.81. The molecule has 0 aliphatic carbocycles. The third kappa shape index (κ3) is 9.10. The molecular formula is C37H47N5O4. The number of piperidine rings is 1. The van der Waals surface area contributed by atoms with Gasteiger partial charge in [-0.25, -0.2) is 4.79 Å². The van der Waals surface area contributed by atoms with Gasteiger partial charge in [-0.1, -0.05) is 51.0 Å². The van der Waals surface area contributed by atoms with Gasteiger partial charge in [-0.05, 0) is 89.9 Å². The summed E-state index contributed by atoms with van der Waals surface area (Å²) in [5, 5.41) is 19.9. The largest absolute Gasteiger partial charge is 0.457 e. The highest BCUT2D eigenvalue weighted by Crippen LogP contribution is 2.37. The van der Waals surface area contributed by atoms with E-state index in [0.29, 0.717) is 30.2 Å². The first-order valence-corrected chi connectivity index (χ1v) is 16.1. The lowest BCUT2D eigenvalue weighted by Gasteiger charge is -2.34. The van der Waals surface area contributed by atoms with Gasteiger partial charge in [0, 0.05) is 30.1 Å². The van der Waals surface area contributed by atoms with Crippen LogP contribution in [0.25, 0.3) is 22.2 Å². The first-order valence-electron chi connectivity index (χ1n) is 16.1. The number of nitrogens with zero attached hydrogens (tertiary/aromatic N) is 5. The standard InChI is InChI=1S/C33H35N5O4.2C2H6/c1-22(2)36-42-30-19-29-28(18-24(30)20-34)31(23-13-15-27(16-14-23)40-26-11-7-6-8-12-26)35-38(29)25-10-9-17-37(21-25)32(39)41-33(3,4)5;2*1-2/h6-8,11-16,18-19,25H,9-10,17,21H2,1-5H3;2*1-2H3. The van der Waals surface area contributed by atoms with Crippen LogP contribution in [0.15, 0.2) is 71.9 Å². The van der Waals surface area contributed by atoms with Crippen LogP contribution in [0.5, 0.6) is 17.2 Å². The number of rotatable bonds is 6. The van der Waals surface area contributed by atoms with E-state index >= 15 is 0 Å². The van der Waals surface area contributed by atoms with Crippen LogP contribution in [0, 0.1) is 11.3 Å². The molecule has 9 nitrogen and oxygen atoms in total. The molecule has 46 heavy (non-hydrogen) atoms. The van der Waals surface area contributed by atoms with Gasteiger partial charge in [0.2, 0.25) is 0 Å². The number of likely N-dealkylation sites (tertiary alicyclic amines) is 1. The fourth-order valence-electron chi connectivity index (χ4n) is 4.91. The zero-order valence-electron chi connectivity index (χ0n) is 28.6. The van der Waals surface area contributed by atoms with Crippen LogP contribution in [-0.4, -0.2) is 45.2 Å². The summed E-state index contributed by atoms with van der Waals surface area (Å²) < 4.78 is 13.6. The summed E-state index contributed by atoms with van der Waals surface area (Å²) in [4.78, 5) is 20.3. The van der Waals surface area contributed by atoms with Crippen LogP contribution in [0.4, 0.5) is 4.79 Å². The van der Waals surface area contributed by atoms with E-state index in [4.69, 9.17) is 19.4 Å². The smallest absolute Gasteiger partial charge is 0.410 e. The van der Waals surface area contributed by atoms with Crippen LogP contribution in [0.1, 0.15) is 86.8 Å². The number of aromatic nitrogens is 2. The molecule has 1 aromatic heterocycles. The average molecular weight is 626 g/mol. The summed E-state index contributed by atoms with van der Waals surface area (Å²) in [6, 6.07) is 23.1. The zero-order chi connectivity index (χ0) is 33.9. The van der Waals surface area contributed by atoms with E-state index in [1.807, 2.05) is 128 Å². The first-order chi connectivity index (χ1) is 22.1. The van der Waals surface area contributed by atoms with Gasteiger partial charge in [0.15, 0.2) is 5.75 Å². The Hall–Kier alpha value is -4.84. The third-order valence-corrected chi connectivity index (χ3v) is 6.76. The van der Waals surface area contributed by atoms with Crippen molar-refractivity contribution in [1.82, 2.24) is 14.7 Å². The summed E-state index contributed by atoms with van der Waals surface area (Å²) in [6.07, 6.45) is 1.31. The highest BCUT2D eigenvalue weighted by atomic mass is 16.6. The van der Waals surface area contributed by atoms with Crippen LogP contribution in [-0.2, 0) is 4.74 Å². The summed E-state index contributed by atoms with van der Waals surface area (Å²) >= 11 is 0. The molecule has 0 spiro atoms. The number of benzene rings is 3. The molecule has 1 amide bonds. The Morgan fingerprint density at radius 1 is 0.978 bits per heavy atom. The number of ether oxygens (including phenoxy) is 2. The van der Waals surface area contributed by atoms with Crippen molar-refractivity contribution in [2.24, 2.45) is 5.16 Å². The van der Waals surface area contributed by atoms with Gasteiger partial charge >= 0.3 is 6.09 Å². The van der Waals surface area contributed by atoms with E-state index in [0.717, 1.165) is 46.5 Å². The maximum atomic E-state index is 12.9. The second-order valence-electron chi connectivity index (χ2n) is 11.6. The highest BCUT2D eigenvalue weighted by molar-refractivity contribution is 5.95. The molecule has 1 fully saturated rings. The van der Waals surface area contributed by atoms with Crippen LogP contribution >= 0.6 is 0 Å². The molecule has 1 aliphatic rings. The number of oxime groups is 1. The molecule has 1 unspecified atom stereocenters.